The van der Waals surface area contributed by atoms with E-state index in [1.165, 1.54) is 22.3 Å². The summed E-state index contributed by atoms with van der Waals surface area (Å²) >= 11 is 6.00. The molecule has 5 rings (SSSR count). The van der Waals surface area contributed by atoms with Gasteiger partial charge in [-0.1, -0.05) is 57.0 Å². The van der Waals surface area contributed by atoms with Crippen molar-refractivity contribution < 1.29 is 10.9 Å². The van der Waals surface area contributed by atoms with Crippen LogP contribution in [0.4, 0.5) is 34.4 Å². The summed E-state index contributed by atoms with van der Waals surface area (Å²) in [6.45, 7) is 13.4. The Balaban J connectivity index is 0.000000917. The number of fused-ring (bicyclic) bond motifs is 2. The van der Waals surface area contributed by atoms with E-state index in [1.807, 2.05) is 12.1 Å². The molecule has 0 saturated carbocycles. The Labute approximate surface area is 229 Å². The second-order valence-corrected chi connectivity index (χ2v) is 13.2. The number of aromatic nitrogens is 1. The van der Waals surface area contributed by atoms with E-state index in [-0.39, 0.29) is 0 Å². The van der Waals surface area contributed by atoms with Gasteiger partial charge in [0.15, 0.2) is 0 Å². The molecule has 2 aromatic carbocycles. The van der Waals surface area contributed by atoms with Crippen LogP contribution < -0.4 is 19.6 Å². The predicted octanol–water partition coefficient (Wildman–Crippen LogP) is 8.28. The van der Waals surface area contributed by atoms with Crippen molar-refractivity contribution in [1.82, 2.24) is 4.98 Å². The molecule has 0 saturated heterocycles. The molecule has 0 N–H and O–H groups in total. The molecule has 35 heavy (non-hydrogen) atoms. The maximum absolute atomic E-state index is 5.04. The Kier molecular flexibility index (Phi) is 9.76. The number of unbranched alkanes of at least 4 members (excludes halogenated alkanes) is 2. The van der Waals surface area contributed by atoms with Crippen molar-refractivity contribution in [1.29, 1.82) is 0 Å². The van der Waals surface area contributed by atoms with Gasteiger partial charge in [-0.25, -0.2) is 4.98 Å². The third-order valence-corrected chi connectivity index (χ3v) is 5.92. The fourth-order valence-electron chi connectivity index (χ4n) is 4.20. The average molecular weight is 642 g/mol. The summed E-state index contributed by atoms with van der Waals surface area (Å²) < 4.78 is 0. The van der Waals surface area contributed by atoms with Crippen LogP contribution in [0.1, 0.15) is 39.5 Å². The van der Waals surface area contributed by atoms with E-state index in [1.54, 1.807) is 0 Å². The van der Waals surface area contributed by atoms with Gasteiger partial charge in [0.25, 0.3) is 0 Å². The number of hydrogen-bond donors (Lipinski definition) is 0. The van der Waals surface area contributed by atoms with Crippen LogP contribution >= 0.6 is 28.5 Å². The first-order valence-corrected chi connectivity index (χ1v) is 16.8. The van der Waals surface area contributed by atoms with Crippen LogP contribution in [0.15, 0.2) is 66.7 Å². The monoisotopic (exact) mass is 639 g/mol. The molecule has 4 radical (unpaired) electrons. The number of nitrogens with zero attached hydrogens (tertiary/aromatic N) is 5. The van der Waals surface area contributed by atoms with Crippen molar-refractivity contribution in [3.05, 3.63) is 80.1 Å². The standard InChI is InChI=1S/C27H29N5.2BrH.Ni/c1-3-5-18-29-20-31(24-14-9-7-12-22(24)29)26-16-11-17-27(28-26)32-21-30(19-6-4-2)23-13-8-10-15-25(23)32;;;/h7-17H,3-6,18-19H2,1-2H3;2*1H;/q;;;+2/p-2. The Morgan fingerprint density at radius 2 is 1.06 bits per heavy atom. The molecular formula is C27H29Br2N5Ni. The van der Waals surface area contributed by atoms with Gasteiger partial charge in [0.2, 0.25) is 13.3 Å². The van der Waals surface area contributed by atoms with Gasteiger partial charge in [0, 0.05) is 13.1 Å². The van der Waals surface area contributed by atoms with Crippen molar-refractivity contribution in [2.24, 2.45) is 0 Å². The van der Waals surface area contributed by atoms with Crippen LogP contribution in [0, 0.1) is 13.3 Å². The van der Waals surface area contributed by atoms with Gasteiger partial charge in [-0.05, 0) is 49.2 Å². The number of anilines is 6. The van der Waals surface area contributed by atoms with Gasteiger partial charge in [0.05, 0.1) is 22.7 Å². The van der Waals surface area contributed by atoms with Gasteiger partial charge in [-0.15, -0.1) is 0 Å². The first-order chi connectivity index (χ1) is 17.2. The number of pyridine rings is 1. The SMILES string of the molecule is CCCCN1[C]N(c2cccc(N3[C]N(CCCC)c4ccccc43)n2)c2ccccc21.[Br][Ni][Br]. The van der Waals surface area contributed by atoms with Crippen molar-refractivity contribution >= 4 is 62.8 Å². The molecule has 3 aromatic rings. The van der Waals surface area contributed by atoms with Gasteiger partial charge >= 0.3 is 39.3 Å². The van der Waals surface area contributed by atoms with Crippen molar-refractivity contribution in [2.45, 2.75) is 39.5 Å². The van der Waals surface area contributed by atoms with Crippen LogP contribution in [-0.2, 0) is 10.9 Å². The second-order valence-electron chi connectivity index (χ2n) is 8.26. The van der Waals surface area contributed by atoms with Gasteiger partial charge in [-0.3, -0.25) is 9.80 Å². The summed E-state index contributed by atoms with van der Waals surface area (Å²) in [4.78, 5) is 13.6. The third kappa shape index (κ3) is 5.98. The number of hydrogen-bond acceptors (Lipinski definition) is 5. The predicted molar refractivity (Wildman–Crippen MR) is 150 cm³/mol. The van der Waals surface area contributed by atoms with E-state index in [0.717, 1.165) is 61.8 Å². The molecule has 186 valence electrons. The van der Waals surface area contributed by atoms with E-state index in [2.05, 4.69) is 130 Å². The van der Waals surface area contributed by atoms with Gasteiger partial charge < -0.3 is 9.80 Å². The van der Waals surface area contributed by atoms with Crippen molar-refractivity contribution in [2.75, 3.05) is 32.7 Å². The summed E-state index contributed by atoms with van der Waals surface area (Å²) in [7, 11) is 1.25. The van der Waals surface area contributed by atoms with Crippen molar-refractivity contribution in [3.8, 4) is 0 Å². The zero-order chi connectivity index (χ0) is 24.6. The Morgan fingerprint density at radius 1 is 0.657 bits per heavy atom. The molecule has 0 fully saturated rings. The van der Waals surface area contributed by atoms with E-state index in [0.29, 0.717) is 0 Å². The summed E-state index contributed by atoms with van der Waals surface area (Å²) in [5.74, 6) is 1.72. The molecule has 3 heterocycles. The molecule has 0 spiro atoms. The molecular weight excluding hydrogens is 613 g/mol. The Hall–Kier alpha value is -1.76. The molecule has 0 amide bonds. The summed E-state index contributed by atoms with van der Waals surface area (Å²) in [5, 5.41) is 0. The van der Waals surface area contributed by atoms with Crippen molar-refractivity contribution in [3.63, 3.8) is 0 Å². The average Bonchev–Trinajstić information content (AvgIpc) is 3.46. The second kappa shape index (κ2) is 13.0. The van der Waals surface area contributed by atoms with E-state index < -0.39 is 0 Å². The fourth-order valence-corrected chi connectivity index (χ4v) is 4.20. The molecule has 2 aliphatic heterocycles. The summed E-state index contributed by atoms with van der Waals surface area (Å²) in [5.41, 5.74) is 4.60. The van der Waals surface area contributed by atoms with Crippen LogP contribution in [0.5, 0.6) is 0 Å². The minimum atomic E-state index is 0.861. The molecule has 0 bridgehead atoms. The normalized spacial score (nSPS) is 14.2. The summed E-state index contributed by atoms with van der Waals surface area (Å²) in [6.07, 6.45) is 4.57. The molecule has 0 atom stereocenters. The zero-order valence-corrected chi connectivity index (χ0v) is 24.1. The van der Waals surface area contributed by atoms with E-state index in [9.17, 15) is 0 Å². The topological polar surface area (TPSA) is 25.9 Å². The van der Waals surface area contributed by atoms with Crippen LogP contribution in [0.2, 0.25) is 0 Å². The van der Waals surface area contributed by atoms with E-state index >= 15 is 0 Å². The minimum absolute atomic E-state index is 0.861. The van der Waals surface area contributed by atoms with Crippen LogP contribution in [0.25, 0.3) is 0 Å². The number of halogens is 2. The first-order valence-electron chi connectivity index (χ1n) is 11.9. The Morgan fingerprint density at radius 3 is 1.46 bits per heavy atom. The maximum atomic E-state index is 5.04. The molecule has 0 unspecified atom stereocenters. The van der Waals surface area contributed by atoms with Gasteiger partial charge in [0.1, 0.15) is 11.6 Å². The Bertz CT molecular complexity index is 1020. The molecule has 2 aliphatic rings. The quantitative estimate of drug-likeness (QED) is 0.231. The first kappa shape index (κ1) is 26.3. The zero-order valence-electron chi connectivity index (χ0n) is 19.9. The number of para-hydroxylation sites is 4. The molecule has 8 heteroatoms. The summed E-state index contributed by atoms with van der Waals surface area (Å²) in [6, 6.07) is 23.1. The molecule has 0 aliphatic carbocycles. The molecule has 1 aromatic heterocycles. The van der Waals surface area contributed by atoms with Crippen LogP contribution in [0.3, 0.4) is 0 Å². The third-order valence-electron chi connectivity index (χ3n) is 5.92. The fraction of sp³-hybridized carbons (Fsp3) is 0.296. The molecule has 5 nitrogen and oxygen atoms in total. The number of rotatable bonds is 8. The van der Waals surface area contributed by atoms with E-state index in [4.69, 9.17) is 4.98 Å². The van der Waals surface area contributed by atoms with Crippen LogP contribution in [-0.4, -0.2) is 18.1 Å². The number of benzene rings is 2. The van der Waals surface area contributed by atoms with Gasteiger partial charge in [-0.2, -0.15) is 0 Å².